The fourth-order valence-corrected chi connectivity index (χ4v) is 10.5. The second-order valence-electron chi connectivity index (χ2n) is 18.1. The first-order valence-corrected chi connectivity index (χ1v) is 22.5. The fourth-order valence-electron chi connectivity index (χ4n) is 10.5. The molecule has 5 aliphatic rings. The van der Waals surface area contributed by atoms with Gasteiger partial charge in [0.1, 0.15) is 17.4 Å². The number of hydrogen-bond donors (Lipinski definition) is 3. The second kappa shape index (κ2) is 17.3. The van der Waals surface area contributed by atoms with Gasteiger partial charge >= 0.3 is 0 Å². The molecule has 15 nitrogen and oxygen atoms in total. The van der Waals surface area contributed by atoms with Crippen LogP contribution in [0.4, 0.5) is 40.6 Å². The van der Waals surface area contributed by atoms with Gasteiger partial charge in [-0.2, -0.15) is 5.10 Å². The van der Waals surface area contributed by atoms with Gasteiger partial charge in [-0.05, 0) is 99.7 Å². The Hall–Kier alpha value is -6.24. The van der Waals surface area contributed by atoms with E-state index >= 15 is 8.78 Å². The first-order valence-electron chi connectivity index (χ1n) is 22.5. The quantitative estimate of drug-likeness (QED) is 0.128. The molecule has 0 radical (unpaired) electrons. The standard InChI is InChI=1S/C46H51F4N11O4/c1-25-17-28-19-36(51-25)39-40(42(49)50)56-57(2)45(39)65-24-27-4-3-26(18-27)23-61-37-22-31(5-6-34(37)53-46(61)55-43(28)63)59-15-13-58(14-16-59)30-9-11-60(12-10-30)41-32(47)20-29(21-33(41)48)52-35-7-8-38(62)54-44(35)64/h5-6,17,19-22,26-27,30,35,42,52H,3-4,7-16,18,23-24H2,1-2H3,(H,53,55,63)(H,54,62,64)/t26-,27+,35?/m1/s1. The van der Waals surface area contributed by atoms with Gasteiger partial charge in [-0.25, -0.2) is 27.2 Å². The number of benzene rings is 2. The Balaban J connectivity index is 0.826. The summed E-state index contributed by atoms with van der Waals surface area (Å²) >= 11 is 0. The van der Waals surface area contributed by atoms with Gasteiger partial charge in [-0.1, -0.05) is 0 Å². The number of imide groups is 1. The number of amides is 3. The van der Waals surface area contributed by atoms with Crippen molar-refractivity contribution in [2.45, 2.75) is 76.9 Å². The average molecular weight is 898 g/mol. The third-order valence-corrected chi connectivity index (χ3v) is 13.8. The van der Waals surface area contributed by atoms with Crippen LogP contribution in [-0.2, 0) is 23.2 Å². The van der Waals surface area contributed by atoms with Crippen LogP contribution in [0.3, 0.4) is 0 Å². The number of pyridine rings is 1. The zero-order valence-corrected chi connectivity index (χ0v) is 36.3. The molecule has 1 saturated carbocycles. The molecule has 10 rings (SSSR count). The predicted octanol–water partition coefficient (Wildman–Crippen LogP) is 6.43. The number of anilines is 4. The molecule has 4 fully saturated rings. The Bertz CT molecular complexity index is 2650. The van der Waals surface area contributed by atoms with Crippen molar-refractivity contribution in [1.29, 1.82) is 0 Å². The van der Waals surface area contributed by atoms with E-state index in [-0.39, 0.29) is 70.7 Å². The van der Waals surface area contributed by atoms with Crippen molar-refractivity contribution >= 4 is 51.8 Å². The van der Waals surface area contributed by atoms with E-state index in [1.165, 1.54) is 22.9 Å². The molecule has 4 bridgehead atoms. The van der Waals surface area contributed by atoms with E-state index in [2.05, 4.69) is 52.5 Å². The number of carbonyl (C=O) groups is 3. The van der Waals surface area contributed by atoms with Gasteiger partial charge in [0.25, 0.3) is 12.3 Å². The lowest BCUT2D eigenvalue weighted by molar-refractivity contribution is -0.133. The van der Waals surface area contributed by atoms with Crippen molar-refractivity contribution in [2.75, 3.05) is 66.3 Å². The number of halogens is 4. The molecule has 342 valence electrons. The molecule has 3 amide bonds. The maximum absolute atomic E-state index is 15.4. The molecule has 4 aliphatic heterocycles. The average Bonchev–Trinajstić information content (AvgIpc) is 3.98. The fraction of sp³-hybridized carbons (Fsp3) is 0.478. The third-order valence-electron chi connectivity index (χ3n) is 13.8. The predicted molar refractivity (Wildman–Crippen MR) is 235 cm³/mol. The van der Waals surface area contributed by atoms with Crippen molar-refractivity contribution < 1.29 is 36.7 Å². The number of aryl methyl sites for hydroxylation is 2. The lowest BCUT2D eigenvalue weighted by atomic mass is 10.0. The molecule has 2 aromatic carbocycles. The minimum Gasteiger partial charge on any atom is -0.477 e. The van der Waals surface area contributed by atoms with E-state index in [1.807, 2.05) is 6.07 Å². The smallest absolute Gasteiger partial charge is 0.282 e. The van der Waals surface area contributed by atoms with E-state index in [0.717, 1.165) is 75.0 Å². The number of ether oxygens (including phenoxy) is 1. The van der Waals surface area contributed by atoms with E-state index in [9.17, 15) is 23.2 Å². The Kier molecular flexibility index (Phi) is 11.4. The van der Waals surface area contributed by atoms with Gasteiger partial charge in [0, 0.05) is 88.0 Å². The SMILES string of the molecule is Cc1cc2cc(n1)-c1c(C(F)F)nn(C)c1OC[C@H]1CC[C@H](C1)Cn1c(nc3ccc(N4CCN(C5CCN(c6c(F)cc(NC7CCC(=O)NC7=O)cc6F)CC5)CC4)cc31)NC2=O. The molecule has 7 heterocycles. The Morgan fingerprint density at radius 3 is 2.34 bits per heavy atom. The van der Waals surface area contributed by atoms with Crippen molar-refractivity contribution in [1.82, 2.24) is 34.5 Å². The van der Waals surface area contributed by atoms with Crippen molar-refractivity contribution in [3.63, 3.8) is 0 Å². The van der Waals surface area contributed by atoms with Crippen molar-refractivity contribution in [2.24, 2.45) is 18.9 Å². The summed E-state index contributed by atoms with van der Waals surface area (Å²) in [5.74, 6) is -1.62. The number of aromatic nitrogens is 5. The number of alkyl halides is 2. The lowest BCUT2D eigenvalue weighted by Crippen LogP contribution is -2.53. The number of fused-ring (bicyclic) bond motifs is 9. The summed E-state index contributed by atoms with van der Waals surface area (Å²) in [6.45, 7) is 6.90. The number of piperazine rings is 1. The minimum absolute atomic E-state index is 0.0677. The second-order valence-corrected chi connectivity index (χ2v) is 18.1. The van der Waals surface area contributed by atoms with Crippen LogP contribution in [0.15, 0.2) is 42.5 Å². The highest BCUT2D eigenvalue weighted by atomic mass is 19.3. The Morgan fingerprint density at radius 1 is 0.846 bits per heavy atom. The molecular formula is C46H51F4N11O4. The van der Waals surface area contributed by atoms with Crippen LogP contribution in [0.1, 0.15) is 73.1 Å². The summed E-state index contributed by atoms with van der Waals surface area (Å²) in [7, 11) is 1.58. The van der Waals surface area contributed by atoms with Crippen LogP contribution in [0.25, 0.3) is 22.3 Å². The van der Waals surface area contributed by atoms with E-state index in [1.54, 1.807) is 24.9 Å². The summed E-state index contributed by atoms with van der Waals surface area (Å²) in [6.07, 6.45) is 1.73. The molecule has 1 aliphatic carbocycles. The zero-order valence-electron chi connectivity index (χ0n) is 36.3. The van der Waals surface area contributed by atoms with Gasteiger partial charge < -0.3 is 24.4 Å². The molecule has 3 atom stereocenters. The third kappa shape index (κ3) is 8.45. The van der Waals surface area contributed by atoms with Gasteiger partial charge in [0.2, 0.25) is 23.6 Å². The molecule has 0 spiro atoms. The number of nitrogens with zero attached hydrogens (tertiary/aromatic N) is 8. The number of carbonyl (C=O) groups excluding carboxylic acids is 3. The molecule has 3 aromatic heterocycles. The van der Waals surface area contributed by atoms with Gasteiger partial charge in [0.05, 0.1) is 28.9 Å². The van der Waals surface area contributed by atoms with Crippen LogP contribution in [0, 0.1) is 30.4 Å². The van der Waals surface area contributed by atoms with E-state index in [4.69, 9.17) is 9.72 Å². The Morgan fingerprint density at radius 2 is 1.60 bits per heavy atom. The summed E-state index contributed by atoms with van der Waals surface area (Å²) in [5, 5.41) is 12.3. The molecule has 3 saturated heterocycles. The number of piperidine rings is 2. The normalized spacial score (nSPS) is 22.3. The van der Waals surface area contributed by atoms with Crippen molar-refractivity contribution in [3.05, 3.63) is 71.1 Å². The first-order chi connectivity index (χ1) is 31.3. The summed E-state index contributed by atoms with van der Waals surface area (Å²) < 4.78 is 69.3. The first kappa shape index (κ1) is 42.7. The van der Waals surface area contributed by atoms with E-state index < -0.39 is 41.6 Å². The molecule has 19 heteroatoms. The van der Waals surface area contributed by atoms with Crippen LogP contribution < -0.4 is 30.5 Å². The van der Waals surface area contributed by atoms with Gasteiger partial charge in [-0.3, -0.25) is 34.9 Å². The van der Waals surface area contributed by atoms with Gasteiger partial charge in [0.15, 0.2) is 11.6 Å². The van der Waals surface area contributed by atoms with Gasteiger partial charge in [-0.15, -0.1) is 0 Å². The minimum atomic E-state index is -2.87. The molecule has 3 N–H and O–H groups in total. The van der Waals surface area contributed by atoms with Crippen LogP contribution in [0.2, 0.25) is 0 Å². The molecule has 1 unspecified atom stereocenters. The number of hydrogen-bond acceptors (Lipinski definition) is 11. The highest BCUT2D eigenvalue weighted by molar-refractivity contribution is 6.05. The highest BCUT2D eigenvalue weighted by Crippen LogP contribution is 2.41. The number of rotatable bonds is 6. The zero-order chi connectivity index (χ0) is 45.1. The molecular weight excluding hydrogens is 847 g/mol. The summed E-state index contributed by atoms with van der Waals surface area (Å²) in [4.78, 5) is 53.8. The van der Waals surface area contributed by atoms with Crippen LogP contribution in [-0.4, -0.2) is 105 Å². The summed E-state index contributed by atoms with van der Waals surface area (Å²) in [6, 6.07) is 11.3. The highest BCUT2D eigenvalue weighted by Gasteiger charge is 2.34. The molecule has 65 heavy (non-hydrogen) atoms. The van der Waals surface area contributed by atoms with Crippen LogP contribution >= 0.6 is 0 Å². The van der Waals surface area contributed by atoms with Crippen molar-refractivity contribution in [3.8, 4) is 17.1 Å². The number of nitrogens with one attached hydrogen (secondary N) is 3. The number of imidazole rings is 1. The topological polar surface area (TPSA) is 155 Å². The largest absolute Gasteiger partial charge is 0.477 e. The van der Waals surface area contributed by atoms with Crippen LogP contribution in [0.5, 0.6) is 5.88 Å². The maximum Gasteiger partial charge on any atom is 0.282 e. The summed E-state index contributed by atoms with van der Waals surface area (Å²) in [5.41, 5.74) is 3.34. The monoisotopic (exact) mass is 897 g/mol. The lowest BCUT2D eigenvalue weighted by Gasteiger charge is -2.44. The van der Waals surface area contributed by atoms with E-state index in [0.29, 0.717) is 37.9 Å². The molecule has 5 aromatic rings. The Labute approximate surface area is 372 Å². The maximum atomic E-state index is 15.4.